The van der Waals surface area contributed by atoms with Gasteiger partial charge in [-0.1, -0.05) is 6.07 Å². The molecular weight excluding hydrogens is 326 g/mol. The van der Waals surface area contributed by atoms with Crippen molar-refractivity contribution in [1.29, 1.82) is 5.26 Å². The van der Waals surface area contributed by atoms with E-state index in [4.69, 9.17) is 0 Å². The van der Waals surface area contributed by atoms with Crippen LogP contribution >= 0.6 is 11.3 Å². The molecule has 1 aliphatic rings. The molecule has 0 atom stereocenters. The molecule has 0 unspecified atom stereocenters. The van der Waals surface area contributed by atoms with Crippen LogP contribution in [-0.2, 0) is 12.8 Å². The van der Waals surface area contributed by atoms with E-state index in [1.165, 1.54) is 23.5 Å². The molecule has 122 valence electrons. The van der Waals surface area contributed by atoms with Crippen LogP contribution in [0.3, 0.4) is 0 Å². The number of nitro benzene ring substituents is 1. The summed E-state index contributed by atoms with van der Waals surface area (Å²) in [6.07, 6.45) is 3.94. The van der Waals surface area contributed by atoms with Gasteiger partial charge >= 0.3 is 0 Å². The van der Waals surface area contributed by atoms with Gasteiger partial charge in [0.2, 0.25) is 0 Å². The van der Waals surface area contributed by atoms with Crippen molar-refractivity contribution in [2.24, 2.45) is 0 Å². The lowest BCUT2D eigenvalue weighted by atomic mass is 9.96. The Balaban J connectivity index is 1.94. The number of fused-ring (bicyclic) bond motifs is 1. The number of nitrogens with zero attached hydrogens (tertiary/aromatic N) is 2. The quantitative estimate of drug-likeness (QED) is 0.675. The number of benzene rings is 1. The van der Waals surface area contributed by atoms with Crippen molar-refractivity contribution in [1.82, 2.24) is 0 Å². The molecule has 0 saturated carbocycles. The van der Waals surface area contributed by atoms with Gasteiger partial charge in [0, 0.05) is 22.1 Å². The minimum absolute atomic E-state index is 0.0892. The Morgan fingerprint density at radius 3 is 2.83 bits per heavy atom. The fourth-order valence-corrected chi connectivity index (χ4v) is 4.24. The first kappa shape index (κ1) is 16.1. The Morgan fingerprint density at radius 2 is 2.12 bits per heavy atom. The maximum Gasteiger partial charge on any atom is 0.273 e. The molecule has 1 amide bonds. The molecule has 24 heavy (non-hydrogen) atoms. The van der Waals surface area contributed by atoms with Crippen LogP contribution in [0.5, 0.6) is 0 Å². The molecule has 6 nitrogen and oxygen atoms in total. The Bertz CT molecular complexity index is 880. The lowest BCUT2D eigenvalue weighted by molar-refractivity contribution is -0.385. The number of hydrogen-bond acceptors (Lipinski definition) is 5. The summed E-state index contributed by atoms with van der Waals surface area (Å²) >= 11 is 1.44. The first-order valence-electron chi connectivity index (χ1n) is 7.63. The number of amides is 1. The van der Waals surface area contributed by atoms with E-state index < -0.39 is 10.8 Å². The molecule has 2 aromatic rings. The van der Waals surface area contributed by atoms with Crippen LogP contribution < -0.4 is 5.32 Å². The number of carbonyl (C=O) groups is 1. The van der Waals surface area contributed by atoms with E-state index in [0.29, 0.717) is 16.1 Å². The first-order valence-corrected chi connectivity index (χ1v) is 8.44. The minimum atomic E-state index is -0.503. The standard InChI is InChI=1S/C17H15N3O3S/c1-10-11(6-4-7-14(10)20(22)23)16(21)19-17-13(9-18)12-5-2-3-8-15(12)24-17/h4,6-7H,2-3,5,8H2,1H3,(H,19,21). The molecule has 1 N–H and O–H groups in total. The number of thiophene rings is 1. The summed E-state index contributed by atoms with van der Waals surface area (Å²) in [4.78, 5) is 24.2. The largest absolute Gasteiger partial charge is 0.312 e. The van der Waals surface area contributed by atoms with Crippen molar-refractivity contribution in [3.8, 4) is 6.07 Å². The normalized spacial score (nSPS) is 13.0. The van der Waals surface area contributed by atoms with Crippen molar-refractivity contribution < 1.29 is 9.72 Å². The van der Waals surface area contributed by atoms with Gasteiger partial charge in [-0.05, 0) is 44.2 Å². The smallest absolute Gasteiger partial charge is 0.273 e. The second-order valence-corrected chi connectivity index (χ2v) is 6.79. The zero-order chi connectivity index (χ0) is 17.3. The highest BCUT2D eigenvalue weighted by Crippen LogP contribution is 2.38. The van der Waals surface area contributed by atoms with Crippen LogP contribution in [0, 0.1) is 28.4 Å². The van der Waals surface area contributed by atoms with E-state index in [-0.39, 0.29) is 11.3 Å². The highest BCUT2D eigenvalue weighted by atomic mass is 32.1. The van der Waals surface area contributed by atoms with E-state index in [2.05, 4.69) is 11.4 Å². The third kappa shape index (κ3) is 2.76. The number of carbonyl (C=O) groups excluding carboxylic acids is 1. The number of rotatable bonds is 3. The lowest BCUT2D eigenvalue weighted by Gasteiger charge is -2.09. The Hall–Kier alpha value is -2.72. The second-order valence-electron chi connectivity index (χ2n) is 5.69. The Morgan fingerprint density at radius 1 is 1.38 bits per heavy atom. The summed E-state index contributed by atoms with van der Waals surface area (Å²) in [6.45, 7) is 1.55. The number of nitro groups is 1. The molecule has 0 spiro atoms. The van der Waals surface area contributed by atoms with Gasteiger partial charge in [-0.25, -0.2) is 0 Å². The Kier molecular flexibility index (Phi) is 4.32. The SMILES string of the molecule is Cc1c(C(=O)Nc2sc3c(c2C#N)CCCC3)cccc1[N+](=O)[O-]. The monoisotopic (exact) mass is 341 g/mol. The topological polar surface area (TPSA) is 96.0 Å². The molecule has 0 radical (unpaired) electrons. The van der Waals surface area contributed by atoms with E-state index in [1.807, 2.05) is 0 Å². The number of nitriles is 1. The number of hydrogen-bond donors (Lipinski definition) is 1. The highest BCUT2D eigenvalue weighted by Gasteiger charge is 2.23. The number of aryl methyl sites for hydroxylation is 1. The summed E-state index contributed by atoms with van der Waals surface area (Å²) < 4.78 is 0. The van der Waals surface area contributed by atoms with Crippen molar-refractivity contribution in [2.45, 2.75) is 32.6 Å². The maximum absolute atomic E-state index is 12.6. The highest BCUT2D eigenvalue weighted by molar-refractivity contribution is 7.16. The fourth-order valence-electron chi connectivity index (χ4n) is 3.01. The van der Waals surface area contributed by atoms with E-state index in [9.17, 15) is 20.2 Å². The van der Waals surface area contributed by atoms with Crippen LogP contribution in [0.2, 0.25) is 0 Å². The Labute approximate surface area is 142 Å². The average Bonchev–Trinajstić information content (AvgIpc) is 2.91. The first-order chi connectivity index (χ1) is 11.5. The molecule has 0 bridgehead atoms. The molecule has 1 aromatic heterocycles. The van der Waals surface area contributed by atoms with Gasteiger partial charge in [0.05, 0.1) is 10.5 Å². The van der Waals surface area contributed by atoms with Gasteiger partial charge in [-0.15, -0.1) is 11.3 Å². The summed E-state index contributed by atoms with van der Waals surface area (Å²) in [6, 6.07) is 6.61. The number of nitrogens with one attached hydrogen (secondary N) is 1. The molecule has 0 fully saturated rings. The van der Waals surface area contributed by atoms with Crippen molar-refractivity contribution in [3.63, 3.8) is 0 Å². The van der Waals surface area contributed by atoms with Crippen molar-refractivity contribution in [3.05, 3.63) is 55.4 Å². The third-order valence-electron chi connectivity index (χ3n) is 4.26. The van der Waals surface area contributed by atoms with Crippen LogP contribution in [0.1, 0.15) is 44.8 Å². The van der Waals surface area contributed by atoms with E-state index in [0.717, 1.165) is 36.1 Å². The van der Waals surface area contributed by atoms with Crippen molar-refractivity contribution >= 4 is 27.9 Å². The summed E-state index contributed by atoms with van der Waals surface area (Å²) in [5.41, 5.74) is 2.05. The van der Waals surface area contributed by atoms with Crippen LogP contribution in [0.4, 0.5) is 10.7 Å². The zero-order valence-electron chi connectivity index (χ0n) is 13.1. The fraction of sp³-hybridized carbons (Fsp3) is 0.294. The third-order valence-corrected chi connectivity index (χ3v) is 5.46. The van der Waals surface area contributed by atoms with Gasteiger partial charge in [0.15, 0.2) is 0 Å². The molecule has 1 aromatic carbocycles. The zero-order valence-corrected chi connectivity index (χ0v) is 13.9. The van der Waals surface area contributed by atoms with Gasteiger partial charge in [0.1, 0.15) is 11.1 Å². The van der Waals surface area contributed by atoms with Gasteiger partial charge in [0.25, 0.3) is 11.6 Å². The summed E-state index contributed by atoms with van der Waals surface area (Å²) in [7, 11) is 0. The molecule has 1 heterocycles. The van der Waals surface area contributed by atoms with E-state index >= 15 is 0 Å². The van der Waals surface area contributed by atoms with Crippen LogP contribution in [0.15, 0.2) is 18.2 Å². The number of anilines is 1. The molecule has 7 heteroatoms. The maximum atomic E-state index is 12.6. The minimum Gasteiger partial charge on any atom is -0.312 e. The predicted molar refractivity (Wildman–Crippen MR) is 91.5 cm³/mol. The summed E-state index contributed by atoms with van der Waals surface area (Å²) in [5.74, 6) is -0.425. The van der Waals surface area contributed by atoms with Crippen molar-refractivity contribution in [2.75, 3.05) is 5.32 Å². The van der Waals surface area contributed by atoms with E-state index in [1.54, 1.807) is 13.0 Å². The predicted octanol–water partition coefficient (Wildman–Crippen LogP) is 3.97. The second kappa shape index (κ2) is 6.42. The molecule has 0 aliphatic heterocycles. The van der Waals surface area contributed by atoms with Gasteiger partial charge in [-0.2, -0.15) is 5.26 Å². The van der Waals surface area contributed by atoms with Gasteiger partial charge < -0.3 is 5.32 Å². The lowest BCUT2D eigenvalue weighted by Crippen LogP contribution is -2.14. The molecular formula is C17H15N3O3S. The average molecular weight is 341 g/mol. The summed E-state index contributed by atoms with van der Waals surface area (Å²) in [5, 5.41) is 23.8. The van der Waals surface area contributed by atoms with Crippen LogP contribution in [0.25, 0.3) is 0 Å². The van der Waals surface area contributed by atoms with Gasteiger partial charge in [-0.3, -0.25) is 14.9 Å². The molecule has 0 saturated heterocycles. The molecule has 3 rings (SSSR count). The van der Waals surface area contributed by atoms with Crippen LogP contribution in [-0.4, -0.2) is 10.8 Å². The molecule has 1 aliphatic carbocycles.